The van der Waals surface area contributed by atoms with Crippen molar-refractivity contribution in [2.75, 3.05) is 39.6 Å². The molecule has 2 heterocycles. The Labute approximate surface area is 114 Å². The molecule has 0 aromatic heterocycles. The van der Waals surface area contributed by atoms with Crippen LogP contribution in [0.2, 0.25) is 0 Å². The maximum Gasteiger partial charge on any atom is 0.231 e. The van der Waals surface area contributed by atoms with E-state index in [0.717, 1.165) is 50.8 Å². The van der Waals surface area contributed by atoms with Gasteiger partial charge in [0.15, 0.2) is 11.5 Å². The fourth-order valence-electron chi connectivity index (χ4n) is 2.67. The Morgan fingerprint density at radius 3 is 2.63 bits per heavy atom. The molecule has 0 radical (unpaired) electrons. The Hall–Kier alpha value is -1.26. The van der Waals surface area contributed by atoms with Crippen LogP contribution in [0.5, 0.6) is 11.5 Å². The molecule has 0 saturated carbocycles. The van der Waals surface area contributed by atoms with Gasteiger partial charge < -0.3 is 14.2 Å². The summed E-state index contributed by atoms with van der Waals surface area (Å²) >= 11 is 0. The first-order valence-electron chi connectivity index (χ1n) is 7.02. The van der Waals surface area contributed by atoms with Crippen LogP contribution in [0.15, 0.2) is 12.1 Å². The average molecular weight is 263 g/mol. The lowest BCUT2D eigenvalue weighted by atomic mass is 10.0. The maximum absolute atomic E-state index is 5.44. The molecular formula is C15H21NO3. The number of rotatable bonds is 4. The summed E-state index contributed by atoms with van der Waals surface area (Å²) in [5.41, 5.74) is 2.67. The highest BCUT2D eigenvalue weighted by molar-refractivity contribution is 5.48. The van der Waals surface area contributed by atoms with Crippen molar-refractivity contribution in [2.45, 2.75) is 19.8 Å². The quantitative estimate of drug-likeness (QED) is 0.831. The van der Waals surface area contributed by atoms with Crippen molar-refractivity contribution >= 4 is 0 Å². The molecule has 2 aliphatic rings. The van der Waals surface area contributed by atoms with E-state index >= 15 is 0 Å². The zero-order valence-corrected chi connectivity index (χ0v) is 11.5. The molecule has 4 heteroatoms. The summed E-state index contributed by atoms with van der Waals surface area (Å²) in [6.45, 7) is 7.54. The Morgan fingerprint density at radius 1 is 1.11 bits per heavy atom. The molecule has 4 nitrogen and oxygen atoms in total. The Morgan fingerprint density at radius 2 is 1.84 bits per heavy atom. The van der Waals surface area contributed by atoms with E-state index < -0.39 is 0 Å². The van der Waals surface area contributed by atoms with Gasteiger partial charge in [0.05, 0.1) is 13.2 Å². The highest BCUT2D eigenvalue weighted by Crippen LogP contribution is 2.34. The van der Waals surface area contributed by atoms with E-state index in [4.69, 9.17) is 14.2 Å². The van der Waals surface area contributed by atoms with Crippen molar-refractivity contribution in [1.82, 2.24) is 4.90 Å². The topological polar surface area (TPSA) is 30.9 Å². The Kier molecular flexibility index (Phi) is 3.89. The first kappa shape index (κ1) is 12.8. The van der Waals surface area contributed by atoms with Gasteiger partial charge in [0.2, 0.25) is 6.79 Å². The average Bonchev–Trinajstić information content (AvgIpc) is 2.87. The number of nitrogens with zero attached hydrogens (tertiary/aromatic N) is 1. The number of hydrogen-bond acceptors (Lipinski definition) is 4. The van der Waals surface area contributed by atoms with E-state index in [9.17, 15) is 0 Å². The summed E-state index contributed by atoms with van der Waals surface area (Å²) < 4.78 is 16.2. The van der Waals surface area contributed by atoms with Crippen LogP contribution < -0.4 is 9.47 Å². The van der Waals surface area contributed by atoms with Crippen LogP contribution >= 0.6 is 0 Å². The van der Waals surface area contributed by atoms with Crippen LogP contribution in [0.3, 0.4) is 0 Å². The van der Waals surface area contributed by atoms with E-state index in [1.54, 1.807) is 0 Å². The molecule has 104 valence electrons. The van der Waals surface area contributed by atoms with Gasteiger partial charge in [0.1, 0.15) is 0 Å². The lowest BCUT2D eigenvalue weighted by Gasteiger charge is -2.26. The zero-order valence-electron chi connectivity index (χ0n) is 11.5. The molecule has 0 amide bonds. The second kappa shape index (κ2) is 5.80. The number of morpholine rings is 1. The van der Waals surface area contributed by atoms with Gasteiger partial charge in [-0.1, -0.05) is 0 Å². The maximum atomic E-state index is 5.44. The van der Waals surface area contributed by atoms with Crippen molar-refractivity contribution in [2.24, 2.45) is 0 Å². The highest BCUT2D eigenvalue weighted by Gasteiger charge is 2.16. The Balaban J connectivity index is 1.54. The lowest BCUT2D eigenvalue weighted by molar-refractivity contribution is 0.0374. The minimum Gasteiger partial charge on any atom is -0.454 e. The molecule has 2 aliphatic heterocycles. The monoisotopic (exact) mass is 263 g/mol. The molecule has 0 N–H and O–H groups in total. The number of hydrogen-bond donors (Lipinski definition) is 0. The predicted molar refractivity (Wildman–Crippen MR) is 72.9 cm³/mol. The van der Waals surface area contributed by atoms with Crippen LogP contribution in [0, 0.1) is 6.92 Å². The van der Waals surface area contributed by atoms with Crippen molar-refractivity contribution in [3.63, 3.8) is 0 Å². The third kappa shape index (κ3) is 3.01. The van der Waals surface area contributed by atoms with Gasteiger partial charge in [-0.2, -0.15) is 0 Å². The second-order valence-electron chi connectivity index (χ2n) is 5.19. The second-order valence-corrected chi connectivity index (χ2v) is 5.19. The van der Waals surface area contributed by atoms with Gasteiger partial charge in [-0.15, -0.1) is 0 Å². The zero-order chi connectivity index (χ0) is 13.1. The molecule has 1 fully saturated rings. The van der Waals surface area contributed by atoms with E-state index in [0.29, 0.717) is 6.79 Å². The van der Waals surface area contributed by atoms with E-state index in [1.807, 2.05) is 0 Å². The predicted octanol–water partition coefficient (Wildman–Crippen LogP) is 1.99. The Bertz CT molecular complexity index is 441. The normalized spacial score (nSPS) is 18.8. The molecule has 1 saturated heterocycles. The van der Waals surface area contributed by atoms with E-state index in [1.165, 1.54) is 17.5 Å². The molecular weight excluding hydrogens is 242 g/mol. The van der Waals surface area contributed by atoms with Crippen LogP contribution in [-0.2, 0) is 11.2 Å². The minimum absolute atomic E-state index is 0.353. The van der Waals surface area contributed by atoms with E-state index in [-0.39, 0.29) is 0 Å². The van der Waals surface area contributed by atoms with Crippen molar-refractivity contribution in [3.8, 4) is 11.5 Å². The van der Waals surface area contributed by atoms with Crippen molar-refractivity contribution < 1.29 is 14.2 Å². The highest BCUT2D eigenvalue weighted by atomic mass is 16.7. The molecule has 1 aromatic carbocycles. The van der Waals surface area contributed by atoms with E-state index in [2.05, 4.69) is 24.0 Å². The van der Waals surface area contributed by atoms with Crippen LogP contribution in [0.1, 0.15) is 17.5 Å². The fraction of sp³-hybridized carbons (Fsp3) is 0.600. The van der Waals surface area contributed by atoms with Crippen LogP contribution in [-0.4, -0.2) is 44.5 Å². The molecule has 0 aliphatic carbocycles. The summed E-state index contributed by atoms with van der Waals surface area (Å²) in [5.74, 6) is 1.78. The lowest BCUT2D eigenvalue weighted by Crippen LogP contribution is -2.36. The molecule has 3 rings (SSSR count). The third-order valence-corrected chi connectivity index (χ3v) is 3.86. The van der Waals surface area contributed by atoms with Crippen LogP contribution in [0.25, 0.3) is 0 Å². The molecule has 0 spiro atoms. The van der Waals surface area contributed by atoms with Gasteiger partial charge in [-0.25, -0.2) is 0 Å². The molecule has 0 atom stereocenters. The third-order valence-electron chi connectivity index (χ3n) is 3.86. The summed E-state index contributed by atoms with van der Waals surface area (Å²) in [6, 6.07) is 4.23. The summed E-state index contributed by atoms with van der Waals surface area (Å²) in [7, 11) is 0. The van der Waals surface area contributed by atoms with Gasteiger partial charge in [0.25, 0.3) is 0 Å². The number of ether oxygens (including phenoxy) is 3. The smallest absolute Gasteiger partial charge is 0.231 e. The SMILES string of the molecule is Cc1cc2c(cc1CCCN1CCOCC1)OCO2. The molecule has 0 unspecified atom stereocenters. The van der Waals surface area contributed by atoms with Gasteiger partial charge in [0, 0.05) is 13.1 Å². The minimum atomic E-state index is 0.353. The first-order valence-corrected chi connectivity index (χ1v) is 7.02. The summed E-state index contributed by atoms with van der Waals surface area (Å²) in [6.07, 6.45) is 2.28. The molecule has 0 bridgehead atoms. The van der Waals surface area contributed by atoms with Crippen LogP contribution in [0.4, 0.5) is 0 Å². The first-order chi connectivity index (χ1) is 9.33. The molecule has 1 aromatic rings. The van der Waals surface area contributed by atoms with Crippen molar-refractivity contribution in [3.05, 3.63) is 23.3 Å². The number of benzene rings is 1. The standard InChI is InChI=1S/C15H21NO3/c1-12-9-14-15(19-11-18-14)10-13(12)3-2-4-16-5-7-17-8-6-16/h9-10H,2-8,11H2,1H3. The molecule has 19 heavy (non-hydrogen) atoms. The summed E-state index contributed by atoms with van der Waals surface area (Å²) in [5, 5.41) is 0. The van der Waals surface area contributed by atoms with Gasteiger partial charge >= 0.3 is 0 Å². The van der Waals surface area contributed by atoms with Crippen molar-refractivity contribution in [1.29, 1.82) is 0 Å². The fourth-order valence-corrected chi connectivity index (χ4v) is 2.67. The summed E-state index contributed by atoms with van der Waals surface area (Å²) in [4.78, 5) is 2.48. The van der Waals surface area contributed by atoms with Gasteiger partial charge in [-0.05, 0) is 49.6 Å². The largest absolute Gasteiger partial charge is 0.454 e. The van der Waals surface area contributed by atoms with Gasteiger partial charge in [-0.3, -0.25) is 4.90 Å². The number of fused-ring (bicyclic) bond motifs is 1. The number of aryl methyl sites for hydroxylation is 2.